The SMILES string of the molecule is C#Cc1cccc(Nc2ncnc3cc(OC)c(CC(=O)CN4CCN(C(C)C)CC4)cc23)c1. The molecule has 1 aliphatic heterocycles. The number of carbonyl (C=O) groups excluding carboxylic acids is 1. The number of terminal acetylenes is 1. The number of hydrogen-bond donors (Lipinski definition) is 1. The number of benzene rings is 2. The molecule has 2 heterocycles. The van der Waals surface area contributed by atoms with E-state index in [4.69, 9.17) is 11.2 Å². The Labute approximate surface area is 201 Å². The third-order valence-electron chi connectivity index (χ3n) is 6.25. The monoisotopic (exact) mass is 457 g/mol. The molecule has 2 aromatic carbocycles. The summed E-state index contributed by atoms with van der Waals surface area (Å²) >= 11 is 0. The second-order valence-electron chi connectivity index (χ2n) is 8.87. The van der Waals surface area contributed by atoms with E-state index in [1.807, 2.05) is 36.4 Å². The number of fused-ring (bicyclic) bond motifs is 1. The van der Waals surface area contributed by atoms with E-state index >= 15 is 0 Å². The number of ketones is 1. The molecule has 0 atom stereocenters. The maximum Gasteiger partial charge on any atom is 0.151 e. The van der Waals surface area contributed by atoms with Crippen LogP contribution in [0.3, 0.4) is 0 Å². The number of methoxy groups -OCH3 is 1. The van der Waals surface area contributed by atoms with E-state index in [1.165, 1.54) is 6.33 Å². The topological polar surface area (TPSA) is 70.6 Å². The fraction of sp³-hybridized carbons (Fsp3) is 0.370. The van der Waals surface area contributed by atoms with Crippen molar-refractivity contribution in [3.8, 4) is 18.1 Å². The largest absolute Gasteiger partial charge is 0.496 e. The molecule has 0 saturated carbocycles. The number of nitrogens with zero attached hydrogens (tertiary/aromatic N) is 4. The number of nitrogens with one attached hydrogen (secondary N) is 1. The van der Waals surface area contributed by atoms with E-state index in [9.17, 15) is 4.79 Å². The standard InChI is InChI=1S/C27H31N5O2/c1-5-20-7-6-8-22(13-20)30-27-24-15-21(26(34-4)16-25(24)28-18-29-27)14-23(33)17-31-9-11-32(12-10-31)19(2)3/h1,6-8,13,15-16,18-19H,9-12,14,17H2,2-4H3,(H,28,29,30). The number of anilines is 2. The van der Waals surface area contributed by atoms with Crippen LogP contribution >= 0.6 is 0 Å². The molecule has 0 aliphatic carbocycles. The lowest BCUT2D eigenvalue weighted by Crippen LogP contribution is -2.50. The molecule has 7 nitrogen and oxygen atoms in total. The number of aromatic nitrogens is 2. The third-order valence-corrected chi connectivity index (χ3v) is 6.25. The minimum Gasteiger partial charge on any atom is -0.496 e. The highest BCUT2D eigenvalue weighted by molar-refractivity contribution is 5.94. The second-order valence-corrected chi connectivity index (χ2v) is 8.87. The summed E-state index contributed by atoms with van der Waals surface area (Å²) in [4.78, 5) is 26.5. The lowest BCUT2D eigenvalue weighted by molar-refractivity contribution is -0.120. The first-order valence-electron chi connectivity index (χ1n) is 11.6. The predicted octanol–water partition coefficient (Wildman–Crippen LogP) is 3.50. The molecule has 1 N–H and O–H groups in total. The van der Waals surface area contributed by atoms with Crippen LogP contribution in [0.15, 0.2) is 42.7 Å². The van der Waals surface area contributed by atoms with Crippen LogP contribution in [0, 0.1) is 12.3 Å². The summed E-state index contributed by atoms with van der Waals surface area (Å²) in [6.07, 6.45) is 7.34. The molecule has 1 aromatic heterocycles. The zero-order chi connectivity index (χ0) is 24.1. The number of ether oxygens (including phenoxy) is 1. The van der Waals surface area contributed by atoms with Crippen LogP contribution in [0.4, 0.5) is 11.5 Å². The first kappa shape index (κ1) is 23.7. The summed E-state index contributed by atoms with van der Waals surface area (Å²) < 4.78 is 5.60. The van der Waals surface area contributed by atoms with Gasteiger partial charge in [-0.1, -0.05) is 12.0 Å². The van der Waals surface area contributed by atoms with Gasteiger partial charge in [-0.15, -0.1) is 6.42 Å². The van der Waals surface area contributed by atoms with Crippen molar-refractivity contribution in [3.05, 3.63) is 53.9 Å². The minimum atomic E-state index is 0.170. The van der Waals surface area contributed by atoms with Crippen LogP contribution in [0.1, 0.15) is 25.0 Å². The zero-order valence-electron chi connectivity index (χ0n) is 20.0. The maximum atomic E-state index is 13.0. The van der Waals surface area contributed by atoms with Crippen molar-refractivity contribution in [1.82, 2.24) is 19.8 Å². The molecule has 0 amide bonds. The van der Waals surface area contributed by atoms with Crippen LogP contribution in [0.25, 0.3) is 10.9 Å². The fourth-order valence-electron chi connectivity index (χ4n) is 4.34. The van der Waals surface area contributed by atoms with E-state index in [0.29, 0.717) is 30.6 Å². The lowest BCUT2D eigenvalue weighted by Gasteiger charge is -2.36. The summed E-state index contributed by atoms with van der Waals surface area (Å²) in [5.74, 6) is 4.12. The number of piperazine rings is 1. The van der Waals surface area contributed by atoms with Gasteiger partial charge in [0.25, 0.3) is 0 Å². The highest BCUT2D eigenvalue weighted by Gasteiger charge is 2.21. The number of Topliss-reactive ketones (excluding diaryl/α,β-unsaturated/α-hetero) is 1. The molecule has 4 rings (SSSR count). The van der Waals surface area contributed by atoms with E-state index < -0.39 is 0 Å². The highest BCUT2D eigenvalue weighted by atomic mass is 16.5. The molecule has 1 saturated heterocycles. The average molecular weight is 458 g/mol. The minimum absolute atomic E-state index is 0.170. The van der Waals surface area contributed by atoms with E-state index in [1.54, 1.807) is 7.11 Å². The van der Waals surface area contributed by atoms with E-state index in [2.05, 4.69) is 44.9 Å². The van der Waals surface area contributed by atoms with Crippen molar-refractivity contribution in [2.45, 2.75) is 26.3 Å². The van der Waals surface area contributed by atoms with Gasteiger partial charge >= 0.3 is 0 Å². The van der Waals surface area contributed by atoms with Gasteiger partial charge in [-0.3, -0.25) is 14.6 Å². The first-order chi connectivity index (χ1) is 16.5. The Bertz CT molecular complexity index is 1210. The van der Waals surface area contributed by atoms with Gasteiger partial charge in [-0.25, -0.2) is 9.97 Å². The molecular weight excluding hydrogens is 426 g/mol. The Kier molecular flexibility index (Phi) is 7.41. The molecule has 0 radical (unpaired) electrons. The molecule has 0 spiro atoms. The van der Waals surface area contributed by atoms with E-state index in [0.717, 1.165) is 53.9 Å². The molecular formula is C27H31N5O2. The van der Waals surface area contributed by atoms with Gasteiger partial charge < -0.3 is 10.1 Å². The smallest absolute Gasteiger partial charge is 0.151 e. The van der Waals surface area contributed by atoms with Gasteiger partial charge in [0.1, 0.15) is 17.9 Å². The van der Waals surface area contributed by atoms with Crippen molar-refractivity contribution in [2.75, 3.05) is 45.2 Å². The quantitative estimate of drug-likeness (QED) is 0.519. The molecule has 3 aromatic rings. The second kappa shape index (κ2) is 10.6. The Morgan fingerprint density at radius 2 is 1.97 bits per heavy atom. The van der Waals surface area contributed by atoms with Crippen molar-refractivity contribution in [2.24, 2.45) is 0 Å². The number of hydrogen-bond acceptors (Lipinski definition) is 7. The maximum absolute atomic E-state index is 13.0. The van der Waals surface area contributed by atoms with E-state index in [-0.39, 0.29) is 5.78 Å². The fourth-order valence-corrected chi connectivity index (χ4v) is 4.34. The van der Waals surface area contributed by atoms with Crippen molar-refractivity contribution in [3.63, 3.8) is 0 Å². The Morgan fingerprint density at radius 3 is 2.68 bits per heavy atom. The number of carbonyl (C=O) groups is 1. The molecule has 0 bridgehead atoms. The summed E-state index contributed by atoms with van der Waals surface area (Å²) in [5, 5.41) is 4.16. The number of rotatable bonds is 8. The molecule has 0 unspecified atom stereocenters. The summed E-state index contributed by atoms with van der Waals surface area (Å²) in [7, 11) is 1.62. The Balaban J connectivity index is 1.53. The Hall–Kier alpha value is -3.47. The third kappa shape index (κ3) is 5.53. The summed E-state index contributed by atoms with van der Waals surface area (Å²) in [6, 6.07) is 12.0. The van der Waals surface area contributed by atoms with Crippen molar-refractivity contribution in [1.29, 1.82) is 0 Å². The van der Waals surface area contributed by atoms with Gasteiger partial charge in [0.2, 0.25) is 0 Å². The van der Waals surface area contributed by atoms with Crippen LogP contribution in [-0.4, -0.2) is 71.4 Å². The molecule has 7 heteroatoms. The van der Waals surface area contributed by atoms with Crippen LogP contribution in [0.2, 0.25) is 0 Å². The van der Waals surface area contributed by atoms with Gasteiger partial charge in [0.15, 0.2) is 5.78 Å². The zero-order valence-corrected chi connectivity index (χ0v) is 20.0. The van der Waals surface area contributed by atoms with Gasteiger partial charge in [0, 0.05) is 66.9 Å². The summed E-state index contributed by atoms with van der Waals surface area (Å²) in [6.45, 7) is 8.70. The predicted molar refractivity (Wildman–Crippen MR) is 136 cm³/mol. The molecule has 1 fully saturated rings. The van der Waals surface area contributed by atoms with Gasteiger partial charge in [-0.05, 0) is 38.1 Å². The van der Waals surface area contributed by atoms with Crippen LogP contribution in [0.5, 0.6) is 5.75 Å². The molecule has 176 valence electrons. The average Bonchev–Trinajstić information content (AvgIpc) is 2.84. The van der Waals surface area contributed by atoms with Crippen molar-refractivity contribution < 1.29 is 9.53 Å². The Morgan fingerprint density at radius 1 is 1.18 bits per heavy atom. The lowest BCUT2D eigenvalue weighted by atomic mass is 10.0. The van der Waals surface area contributed by atoms with Crippen molar-refractivity contribution >= 4 is 28.2 Å². The normalized spacial score (nSPS) is 14.8. The molecule has 1 aliphatic rings. The summed E-state index contributed by atoms with van der Waals surface area (Å²) in [5.41, 5.74) is 3.19. The van der Waals surface area contributed by atoms with Gasteiger partial charge in [0.05, 0.1) is 19.2 Å². The van der Waals surface area contributed by atoms with Crippen LogP contribution in [-0.2, 0) is 11.2 Å². The van der Waals surface area contributed by atoms with Crippen LogP contribution < -0.4 is 10.1 Å². The molecule has 34 heavy (non-hydrogen) atoms. The first-order valence-corrected chi connectivity index (χ1v) is 11.6. The highest BCUT2D eigenvalue weighted by Crippen LogP contribution is 2.30. The van der Waals surface area contributed by atoms with Gasteiger partial charge in [-0.2, -0.15) is 0 Å².